The number of nitrogens with zero attached hydrogens (tertiary/aromatic N) is 3. The minimum Gasteiger partial charge on any atom is -0.491 e. The van der Waals surface area contributed by atoms with Crippen LogP contribution in [0, 0.1) is 6.92 Å². The number of aromatic nitrogens is 2. The van der Waals surface area contributed by atoms with E-state index < -0.39 is 0 Å². The van der Waals surface area contributed by atoms with E-state index in [-0.39, 0.29) is 12.0 Å². The Morgan fingerprint density at radius 2 is 1.94 bits per heavy atom. The number of furan rings is 1. The van der Waals surface area contributed by atoms with E-state index in [1.807, 2.05) is 86.3 Å². The molecule has 4 aromatic rings. The molecule has 0 radical (unpaired) electrons. The van der Waals surface area contributed by atoms with Crippen LogP contribution in [-0.4, -0.2) is 31.0 Å². The summed E-state index contributed by atoms with van der Waals surface area (Å²) >= 11 is 6.80. The molecule has 5 rings (SSSR count). The number of rotatable bonds is 7. The van der Waals surface area contributed by atoms with Gasteiger partial charge in [-0.3, -0.25) is 9.69 Å². The summed E-state index contributed by atoms with van der Waals surface area (Å²) in [4.78, 5) is 15.4. The van der Waals surface area contributed by atoms with Gasteiger partial charge < -0.3 is 9.15 Å². The zero-order valence-corrected chi connectivity index (χ0v) is 21.8. The second-order valence-corrected chi connectivity index (χ2v) is 10.4. The van der Waals surface area contributed by atoms with E-state index in [0.717, 1.165) is 33.8 Å². The van der Waals surface area contributed by atoms with Crippen molar-refractivity contribution in [3.8, 4) is 22.7 Å². The van der Waals surface area contributed by atoms with Crippen LogP contribution in [0.4, 0.5) is 0 Å². The lowest BCUT2D eigenvalue weighted by Gasteiger charge is -2.13. The van der Waals surface area contributed by atoms with Gasteiger partial charge in [-0.15, -0.1) is 0 Å². The fourth-order valence-corrected chi connectivity index (χ4v) is 5.20. The largest absolute Gasteiger partial charge is 0.491 e. The minimum absolute atomic E-state index is 0.0884. The average Bonchev–Trinajstić information content (AvgIpc) is 3.58. The number of amides is 1. The number of carbonyl (C=O) groups is 1. The van der Waals surface area contributed by atoms with E-state index in [1.165, 1.54) is 11.8 Å². The van der Waals surface area contributed by atoms with Gasteiger partial charge in [-0.2, -0.15) is 5.10 Å². The maximum Gasteiger partial charge on any atom is 0.266 e. The van der Waals surface area contributed by atoms with E-state index in [0.29, 0.717) is 21.5 Å². The lowest BCUT2D eigenvalue weighted by Crippen LogP contribution is -2.27. The van der Waals surface area contributed by atoms with Crippen molar-refractivity contribution in [2.45, 2.75) is 33.4 Å². The first kappa shape index (κ1) is 24.1. The first-order valence-corrected chi connectivity index (χ1v) is 12.8. The Labute approximate surface area is 219 Å². The quantitative estimate of drug-likeness (QED) is 0.203. The minimum atomic E-state index is -0.142. The number of hydrogen-bond donors (Lipinski definition) is 0. The molecule has 36 heavy (non-hydrogen) atoms. The van der Waals surface area contributed by atoms with Crippen molar-refractivity contribution < 1.29 is 13.9 Å². The number of carbonyl (C=O) groups excluding carboxylic acids is 1. The van der Waals surface area contributed by atoms with Crippen LogP contribution < -0.4 is 4.74 Å². The van der Waals surface area contributed by atoms with Gasteiger partial charge in [0.05, 0.1) is 29.5 Å². The highest BCUT2D eigenvalue weighted by molar-refractivity contribution is 8.26. The predicted molar refractivity (Wildman–Crippen MR) is 147 cm³/mol. The fourth-order valence-electron chi connectivity index (χ4n) is 3.95. The van der Waals surface area contributed by atoms with E-state index in [1.54, 1.807) is 17.2 Å². The van der Waals surface area contributed by atoms with Crippen LogP contribution in [0.1, 0.15) is 30.7 Å². The van der Waals surface area contributed by atoms with Gasteiger partial charge in [-0.1, -0.05) is 42.2 Å². The van der Waals surface area contributed by atoms with Gasteiger partial charge in [0.2, 0.25) is 0 Å². The molecular weight excluding hydrogens is 490 g/mol. The zero-order valence-electron chi connectivity index (χ0n) is 20.2. The molecule has 2 aromatic carbocycles. The summed E-state index contributed by atoms with van der Waals surface area (Å²) in [6.45, 7) is 6.35. The summed E-state index contributed by atoms with van der Waals surface area (Å²) in [7, 11) is 0. The number of aryl methyl sites for hydroxylation is 1. The molecular formula is C28H25N3O3S2. The molecule has 0 saturated carbocycles. The highest BCUT2D eigenvalue weighted by Gasteiger charge is 2.33. The van der Waals surface area contributed by atoms with Crippen LogP contribution in [0.15, 0.2) is 82.4 Å². The number of thioether (sulfide) groups is 1. The van der Waals surface area contributed by atoms with Gasteiger partial charge in [0.1, 0.15) is 21.5 Å². The summed E-state index contributed by atoms with van der Waals surface area (Å²) in [5.74, 6) is 1.39. The second kappa shape index (κ2) is 10.2. The van der Waals surface area contributed by atoms with Crippen molar-refractivity contribution in [1.29, 1.82) is 0 Å². The zero-order chi connectivity index (χ0) is 25.2. The molecule has 2 aromatic heterocycles. The normalized spacial score (nSPS) is 14.9. The summed E-state index contributed by atoms with van der Waals surface area (Å²) in [6.07, 6.45) is 5.49. The SMILES string of the molecule is Cc1cc(-c2nn(-c3ccccc3)cc2C=C2SC(=S)N(Cc3ccco3)C2=O)ccc1OC(C)C. The molecule has 1 amide bonds. The van der Waals surface area contributed by atoms with E-state index in [9.17, 15) is 4.79 Å². The van der Waals surface area contributed by atoms with Gasteiger partial charge >= 0.3 is 0 Å². The predicted octanol–water partition coefficient (Wildman–Crippen LogP) is 6.63. The van der Waals surface area contributed by atoms with E-state index >= 15 is 0 Å². The summed E-state index contributed by atoms with van der Waals surface area (Å²) < 4.78 is 13.7. The van der Waals surface area contributed by atoms with E-state index in [2.05, 4.69) is 6.07 Å². The van der Waals surface area contributed by atoms with Crippen molar-refractivity contribution >= 4 is 40.3 Å². The molecule has 0 N–H and O–H groups in total. The molecule has 0 atom stereocenters. The molecule has 182 valence electrons. The van der Waals surface area contributed by atoms with Gasteiger partial charge in [0, 0.05) is 17.3 Å². The molecule has 8 heteroatoms. The Morgan fingerprint density at radius 3 is 2.64 bits per heavy atom. The standard InChI is InChI=1S/C28H25N3O3S2/c1-18(2)34-24-12-11-20(14-19(24)3)26-21(16-31(29-26)22-8-5-4-6-9-22)15-25-27(32)30(28(35)36-25)17-23-10-7-13-33-23/h4-16,18H,17H2,1-3H3. The Balaban J connectivity index is 1.54. The number of para-hydroxylation sites is 1. The smallest absolute Gasteiger partial charge is 0.266 e. The summed E-state index contributed by atoms with van der Waals surface area (Å²) in [5.41, 5.74) is 4.49. The maximum atomic E-state index is 13.2. The third-order valence-electron chi connectivity index (χ3n) is 5.63. The topological polar surface area (TPSA) is 60.5 Å². The Morgan fingerprint density at radius 1 is 1.14 bits per heavy atom. The maximum absolute atomic E-state index is 13.2. The highest BCUT2D eigenvalue weighted by atomic mass is 32.2. The fraction of sp³-hybridized carbons (Fsp3) is 0.179. The number of benzene rings is 2. The Bertz CT molecular complexity index is 1440. The molecule has 1 aliphatic rings. The van der Waals surface area contributed by atoms with Gasteiger partial charge in [-0.25, -0.2) is 4.68 Å². The van der Waals surface area contributed by atoms with Crippen LogP contribution >= 0.6 is 24.0 Å². The molecule has 0 bridgehead atoms. The van der Waals surface area contributed by atoms with Crippen molar-refractivity contribution in [3.05, 3.63) is 94.9 Å². The summed E-state index contributed by atoms with van der Waals surface area (Å²) in [5, 5.41) is 4.90. The molecule has 6 nitrogen and oxygen atoms in total. The Hall–Kier alpha value is -3.62. The Kier molecular flexibility index (Phi) is 6.80. The monoisotopic (exact) mass is 515 g/mol. The number of hydrogen-bond acceptors (Lipinski definition) is 6. The lowest BCUT2D eigenvalue weighted by molar-refractivity contribution is -0.122. The first-order chi connectivity index (χ1) is 17.4. The van der Waals surface area contributed by atoms with Gasteiger partial charge in [0.25, 0.3) is 5.91 Å². The van der Waals surface area contributed by atoms with Crippen molar-refractivity contribution in [1.82, 2.24) is 14.7 Å². The molecule has 3 heterocycles. The van der Waals surface area contributed by atoms with Crippen LogP contribution in [0.3, 0.4) is 0 Å². The van der Waals surface area contributed by atoms with E-state index in [4.69, 9.17) is 26.5 Å². The van der Waals surface area contributed by atoms with Crippen LogP contribution in [0.25, 0.3) is 23.0 Å². The third-order valence-corrected chi connectivity index (χ3v) is 7.01. The van der Waals surface area contributed by atoms with Crippen LogP contribution in [0.2, 0.25) is 0 Å². The van der Waals surface area contributed by atoms with Crippen LogP contribution in [0.5, 0.6) is 5.75 Å². The second-order valence-electron chi connectivity index (χ2n) is 8.71. The lowest BCUT2D eigenvalue weighted by atomic mass is 10.0. The van der Waals surface area contributed by atoms with Gasteiger partial charge in [-0.05, 0) is 74.9 Å². The highest BCUT2D eigenvalue weighted by Crippen LogP contribution is 2.36. The third kappa shape index (κ3) is 5.01. The molecule has 0 spiro atoms. The van der Waals surface area contributed by atoms with Gasteiger partial charge in [0.15, 0.2) is 0 Å². The van der Waals surface area contributed by atoms with Crippen LogP contribution in [-0.2, 0) is 11.3 Å². The van der Waals surface area contributed by atoms with Crippen molar-refractivity contribution in [2.75, 3.05) is 0 Å². The number of thiocarbonyl (C=S) groups is 1. The summed E-state index contributed by atoms with van der Waals surface area (Å²) in [6, 6.07) is 19.6. The number of ether oxygens (including phenoxy) is 1. The first-order valence-electron chi connectivity index (χ1n) is 11.6. The molecule has 0 aliphatic carbocycles. The molecule has 1 saturated heterocycles. The molecule has 1 aliphatic heterocycles. The van der Waals surface area contributed by atoms with Crippen molar-refractivity contribution in [3.63, 3.8) is 0 Å². The molecule has 0 unspecified atom stereocenters. The molecule has 1 fully saturated rings. The average molecular weight is 516 g/mol. The van der Waals surface area contributed by atoms with Crippen molar-refractivity contribution in [2.24, 2.45) is 0 Å².